The molecule has 2 aromatic carbocycles. The lowest BCUT2D eigenvalue weighted by molar-refractivity contribution is -0.110. The number of morpholine rings is 1. The van der Waals surface area contributed by atoms with E-state index in [9.17, 15) is 18.0 Å². The molecule has 2 amide bonds. The van der Waals surface area contributed by atoms with E-state index in [2.05, 4.69) is 10.3 Å². The lowest BCUT2D eigenvalue weighted by Gasteiger charge is -2.27. The topological polar surface area (TPSA) is 109 Å². The van der Waals surface area contributed by atoms with E-state index in [0.717, 1.165) is 27.9 Å². The average molecular weight is 534 g/mol. The summed E-state index contributed by atoms with van der Waals surface area (Å²) in [5.74, 6) is -0.510. The molecule has 0 atom stereocenters. The van der Waals surface area contributed by atoms with E-state index in [4.69, 9.17) is 4.74 Å². The van der Waals surface area contributed by atoms with Crippen LogP contribution in [-0.2, 0) is 25.1 Å². The Morgan fingerprint density at radius 1 is 1.05 bits per heavy atom. The molecule has 2 N–H and O–H groups in total. The van der Waals surface area contributed by atoms with Gasteiger partial charge in [0.05, 0.1) is 35.0 Å². The van der Waals surface area contributed by atoms with Gasteiger partial charge in [-0.05, 0) is 74.2 Å². The second-order valence-corrected chi connectivity index (χ2v) is 11.9. The predicted molar refractivity (Wildman–Crippen MR) is 147 cm³/mol. The summed E-state index contributed by atoms with van der Waals surface area (Å²) in [6.07, 6.45) is 1.70. The largest absolute Gasteiger partial charge is 0.378 e. The van der Waals surface area contributed by atoms with Crippen molar-refractivity contribution < 1.29 is 22.7 Å². The van der Waals surface area contributed by atoms with E-state index in [1.165, 1.54) is 6.07 Å². The molecule has 2 aliphatic heterocycles. The Morgan fingerprint density at radius 3 is 2.42 bits per heavy atom. The Hall–Kier alpha value is -3.69. The highest BCUT2D eigenvalue weighted by Crippen LogP contribution is 2.36. The maximum atomic E-state index is 13.4. The molecule has 3 heterocycles. The molecule has 1 saturated heterocycles. The molecule has 198 valence electrons. The standard InChI is InChI=1S/C29H31N3O5S/c1-17-6-5-7-18(2)24(17)16-38(35,36)21-8-9-25-22(14-21)23(28(33)31-25)15-26-19(3)27(20(4)30-26)29(34)32-10-12-37-13-11-32/h5-9,14-15,30H,10-13,16H2,1-4H3,(H,31,33). The Kier molecular flexibility index (Phi) is 6.75. The van der Waals surface area contributed by atoms with Crippen LogP contribution in [0, 0.1) is 27.7 Å². The van der Waals surface area contributed by atoms with Crippen molar-refractivity contribution in [1.82, 2.24) is 9.88 Å². The molecule has 38 heavy (non-hydrogen) atoms. The lowest BCUT2D eigenvalue weighted by atomic mass is 10.0. The van der Waals surface area contributed by atoms with Gasteiger partial charge in [0.2, 0.25) is 0 Å². The van der Waals surface area contributed by atoms with Gasteiger partial charge in [-0.15, -0.1) is 0 Å². The summed E-state index contributed by atoms with van der Waals surface area (Å²) in [5, 5.41) is 2.82. The van der Waals surface area contributed by atoms with Crippen LogP contribution in [0.25, 0.3) is 11.6 Å². The highest BCUT2D eigenvalue weighted by Gasteiger charge is 2.29. The van der Waals surface area contributed by atoms with Crippen LogP contribution in [0.15, 0.2) is 41.3 Å². The van der Waals surface area contributed by atoms with Crippen molar-refractivity contribution >= 4 is 39.0 Å². The fraction of sp³-hybridized carbons (Fsp3) is 0.310. The first-order chi connectivity index (χ1) is 18.1. The number of carbonyl (C=O) groups excluding carboxylic acids is 2. The van der Waals surface area contributed by atoms with Gasteiger partial charge in [0.25, 0.3) is 11.8 Å². The monoisotopic (exact) mass is 533 g/mol. The number of benzene rings is 2. The number of amides is 2. The maximum absolute atomic E-state index is 13.4. The molecule has 0 aliphatic carbocycles. The van der Waals surface area contributed by atoms with Gasteiger partial charge in [-0.2, -0.15) is 0 Å². The van der Waals surface area contributed by atoms with E-state index < -0.39 is 9.84 Å². The lowest BCUT2D eigenvalue weighted by Crippen LogP contribution is -2.41. The third-order valence-electron chi connectivity index (χ3n) is 7.39. The Bertz CT molecular complexity index is 1570. The summed E-state index contributed by atoms with van der Waals surface area (Å²) in [6.45, 7) is 9.59. The predicted octanol–water partition coefficient (Wildman–Crippen LogP) is 4.19. The fourth-order valence-corrected chi connectivity index (χ4v) is 6.74. The maximum Gasteiger partial charge on any atom is 0.256 e. The van der Waals surface area contributed by atoms with E-state index in [1.807, 2.05) is 45.9 Å². The molecule has 0 saturated carbocycles. The zero-order chi connectivity index (χ0) is 27.2. The molecule has 0 radical (unpaired) electrons. The second kappa shape index (κ2) is 9.89. The van der Waals surface area contributed by atoms with Crippen molar-refractivity contribution in [2.45, 2.75) is 38.3 Å². The molecule has 8 nitrogen and oxygen atoms in total. The van der Waals surface area contributed by atoms with Gasteiger partial charge in [0.1, 0.15) is 0 Å². The fourth-order valence-electron chi connectivity index (χ4n) is 5.16. The summed E-state index contributed by atoms with van der Waals surface area (Å²) in [6, 6.07) is 10.5. The van der Waals surface area contributed by atoms with Gasteiger partial charge in [0.15, 0.2) is 9.84 Å². The molecule has 1 aromatic heterocycles. The molecule has 0 spiro atoms. The summed E-state index contributed by atoms with van der Waals surface area (Å²) >= 11 is 0. The number of aromatic amines is 1. The van der Waals surface area contributed by atoms with Crippen molar-refractivity contribution in [2.24, 2.45) is 0 Å². The van der Waals surface area contributed by atoms with Gasteiger partial charge < -0.3 is 19.9 Å². The van der Waals surface area contributed by atoms with Crippen LogP contribution in [0.1, 0.15) is 49.6 Å². The first-order valence-corrected chi connectivity index (χ1v) is 14.2. The number of ether oxygens (including phenoxy) is 1. The third-order valence-corrected chi connectivity index (χ3v) is 9.03. The molecule has 0 unspecified atom stereocenters. The van der Waals surface area contributed by atoms with Crippen molar-refractivity contribution in [3.63, 3.8) is 0 Å². The minimum atomic E-state index is -3.66. The van der Waals surface area contributed by atoms with Crippen molar-refractivity contribution in [3.05, 3.63) is 81.2 Å². The van der Waals surface area contributed by atoms with Crippen LogP contribution in [0.2, 0.25) is 0 Å². The van der Waals surface area contributed by atoms with Gasteiger partial charge in [0, 0.05) is 35.7 Å². The Labute approximate surface area is 222 Å². The van der Waals surface area contributed by atoms with Gasteiger partial charge in [-0.1, -0.05) is 18.2 Å². The van der Waals surface area contributed by atoms with Crippen LogP contribution in [0.5, 0.6) is 0 Å². The number of hydrogen-bond acceptors (Lipinski definition) is 5. The highest BCUT2D eigenvalue weighted by molar-refractivity contribution is 7.90. The van der Waals surface area contributed by atoms with Crippen molar-refractivity contribution in [3.8, 4) is 0 Å². The van der Waals surface area contributed by atoms with Crippen LogP contribution < -0.4 is 5.32 Å². The van der Waals surface area contributed by atoms with Crippen molar-refractivity contribution in [1.29, 1.82) is 0 Å². The number of rotatable bonds is 5. The zero-order valence-corrected chi connectivity index (χ0v) is 22.8. The average Bonchev–Trinajstić information content (AvgIpc) is 3.35. The van der Waals surface area contributed by atoms with Crippen LogP contribution in [0.3, 0.4) is 0 Å². The summed E-state index contributed by atoms with van der Waals surface area (Å²) in [4.78, 5) is 31.3. The number of fused-ring (bicyclic) bond motifs is 1. The van der Waals surface area contributed by atoms with Gasteiger partial charge >= 0.3 is 0 Å². The second-order valence-electron chi connectivity index (χ2n) is 9.92. The molecule has 2 aliphatic rings. The molecular formula is C29H31N3O5S. The van der Waals surface area contributed by atoms with Crippen LogP contribution in [-0.4, -0.2) is 56.4 Å². The molecule has 1 fully saturated rings. The molecular weight excluding hydrogens is 502 g/mol. The van der Waals surface area contributed by atoms with Gasteiger partial charge in [-0.3, -0.25) is 9.59 Å². The summed E-state index contributed by atoms with van der Waals surface area (Å²) in [5.41, 5.74) is 6.73. The first-order valence-electron chi connectivity index (χ1n) is 12.6. The number of aryl methyl sites for hydroxylation is 3. The van der Waals surface area contributed by atoms with E-state index in [-0.39, 0.29) is 22.5 Å². The SMILES string of the molecule is Cc1cccc(C)c1CS(=O)(=O)c1ccc2c(c1)C(=Cc1[nH]c(C)c(C(=O)N3CCOCC3)c1C)C(=O)N2. The van der Waals surface area contributed by atoms with E-state index in [0.29, 0.717) is 54.4 Å². The number of nitrogens with zero attached hydrogens (tertiary/aromatic N) is 1. The third kappa shape index (κ3) is 4.68. The number of aromatic nitrogens is 1. The molecule has 5 rings (SSSR count). The normalized spacial score (nSPS) is 16.6. The minimum absolute atomic E-state index is 0.0691. The number of nitrogens with one attached hydrogen (secondary N) is 2. The quantitative estimate of drug-likeness (QED) is 0.478. The van der Waals surface area contributed by atoms with Gasteiger partial charge in [-0.25, -0.2) is 8.42 Å². The van der Waals surface area contributed by atoms with E-state index in [1.54, 1.807) is 23.1 Å². The first kappa shape index (κ1) is 25.9. The molecule has 0 bridgehead atoms. The van der Waals surface area contributed by atoms with E-state index >= 15 is 0 Å². The zero-order valence-electron chi connectivity index (χ0n) is 22.0. The molecule has 9 heteroatoms. The smallest absolute Gasteiger partial charge is 0.256 e. The summed E-state index contributed by atoms with van der Waals surface area (Å²) in [7, 11) is -3.66. The Balaban J connectivity index is 1.50. The molecule has 3 aromatic rings. The minimum Gasteiger partial charge on any atom is -0.378 e. The van der Waals surface area contributed by atoms with Crippen LogP contribution >= 0.6 is 0 Å². The summed E-state index contributed by atoms with van der Waals surface area (Å²) < 4.78 is 32.2. The number of H-pyrrole nitrogens is 1. The number of anilines is 1. The number of carbonyl (C=O) groups is 2. The number of sulfone groups is 1. The number of hydrogen-bond donors (Lipinski definition) is 2. The Morgan fingerprint density at radius 2 is 1.74 bits per heavy atom. The highest BCUT2D eigenvalue weighted by atomic mass is 32.2. The van der Waals surface area contributed by atoms with Crippen molar-refractivity contribution in [2.75, 3.05) is 31.6 Å². The van der Waals surface area contributed by atoms with Crippen LogP contribution in [0.4, 0.5) is 5.69 Å².